The molecule has 0 amide bonds. The molecule has 12 heavy (non-hydrogen) atoms. The van der Waals surface area contributed by atoms with Crippen molar-refractivity contribution in [2.75, 3.05) is 20.6 Å². The van der Waals surface area contributed by atoms with Gasteiger partial charge in [0.2, 0.25) is 0 Å². The Morgan fingerprint density at radius 2 is 2.17 bits per heavy atom. The third-order valence-electron chi connectivity index (χ3n) is 2.40. The second kappa shape index (κ2) is 4.46. The molecule has 1 heteroatoms. The van der Waals surface area contributed by atoms with Crippen molar-refractivity contribution in [1.82, 2.24) is 4.90 Å². The van der Waals surface area contributed by atoms with Crippen LogP contribution in [0.15, 0.2) is 24.3 Å². The fourth-order valence-electron chi connectivity index (χ4n) is 1.73. The van der Waals surface area contributed by atoms with Crippen molar-refractivity contribution in [2.24, 2.45) is 11.8 Å². The normalized spacial score (nSPS) is 24.8. The summed E-state index contributed by atoms with van der Waals surface area (Å²) in [6.45, 7) is 3.51. The molecular formula is C11H19N. The largest absolute Gasteiger partial charge is 0.309 e. The smallest absolute Gasteiger partial charge is 0.000666 e. The van der Waals surface area contributed by atoms with E-state index in [2.05, 4.69) is 50.2 Å². The molecule has 1 rings (SSSR count). The van der Waals surface area contributed by atoms with E-state index >= 15 is 0 Å². The molecule has 1 aliphatic rings. The number of rotatable bonds is 3. The average Bonchev–Trinajstić information content (AvgIpc) is 2.05. The molecule has 1 aliphatic carbocycles. The van der Waals surface area contributed by atoms with Crippen molar-refractivity contribution in [3.05, 3.63) is 24.3 Å². The Bertz CT molecular complexity index is 179. The first-order valence-corrected chi connectivity index (χ1v) is 4.68. The Hall–Kier alpha value is -0.560. The fourth-order valence-corrected chi connectivity index (χ4v) is 1.73. The monoisotopic (exact) mass is 165 g/mol. The maximum absolute atomic E-state index is 2.33. The molecule has 0 saturated heterocycles. The lowest BCUT2D eigenvalue weighted by atomic mass is 9.88. The molecule has 68 valence electrons. The zero-order valence-corrected chi connectivity index (χ0v) is 8.33. The van der Waals surface area contributed by atoms with E-state index in [0.717, 1.165) is 11.8 Å². The van der Waals surface area contributed by atoms with Gasteiger partial charge in [0.05, 0.1) is 0 Å². The van der Waals surface area contributed by atoms with Gasteiger partial charge in [-0.15, -0.1) is 0 Å². The molecule has 2 atom stereocenters. The minimum atomic E-state index is 0.748. The van der Waals surface area contributed by atoms with Crippen LogP contribution in [0.2, 0.25) is 0 Å². The van der Waals surface area contributed by atoms with Crippen LogP contribution in [0.1, 0.15) is 13.3 Å². The average molecular weight is 165 g/mol. The van der Waals surface area contributed by atoms with Crippen molar-refractivity contribution < 1.29 is 0 Å². The van der Waals surface area contributed by atoms with Gasteiger partial charge in [0.25, 0.3) is 0 Å². The van der Waals surface area contributed by atoms with Gasteiger partial charge in [-0.1, -0.05) is 31.2 Å². The molecule has 0 bridgehead atoms. The Labute approximate surface area is 75.8 Å². The molecule has 0 aromatic rings. The van der Waals surface area contributed by atoms with E-state index in [4.69, 9.17) is 0 Å². The molecule has 0 spiro atoms. The van der Waals surface area contributed by atoms with E-state index < -0.39 is 0 Å². The van der Waals surface area contributed by atoms with E-state index in [-0.39, 0.29) is 0 Å². The Kier molecular flexibility index (Phi) is 3.54. The molecule has 0 fully saturated rings. The van der Waals surface area contributed by atoms with Crippen LogP contribution >= 0.6 is 0 Å². The van der Waals surface area contributed by atoms with Crippen LogP contribution < -0.4 is 0 Å². The zero-order chi connectivity index (χ0) is 8.97. The summed E-state index contributed by atoms with van der Waals surface area (Å²) >= 11 is 0. The van der Waals surface area contributed by atoms with Gasteiger partial charge in [0.15, 0.2) is 0 Å². The molecule has 0 aliphatic heterocycles. The standard InChI is InChI=1S/C11H19N/c1-10(9-12(2)3)11-7-5-4-6-8-11/h4-7,10-11H,8-9H2,1-3H3. The van der Waals surface area contributed by atoms with Crippen LogP contribution in [-0.2, 0) is 0 Å². The molecule has 0 saturated carbocycles. The minimum absolute atomic E-state index is 0.748. The van der Waals surface area contributed by atoms with Gasteiger partial charge in [0.1, 0.15) is 0 Å². The van der Waals surface area contributed by atoms with Crippen molar-refractivity contribution in [2.45, 2.75) is 13.3 Å². The van der Waals surface area contributed by atoms with Crippen LogP contribution in [0.5, 0.6) is 0 Å². The number of allylic oxidation sites excluding steroid dienone is 4. The van der Waals surface area contributed by atoms with E-state index in [1.807, 2.05) is 0 Å². The van der Waals surface area contributed by atoms with Gasteiger partial charge in [-0.25, -0.2) is 0 Å². The lowest BCUT2D eigenvalue weighted by Crippen LogP contribution is -2.24. The number of nitrogens with zero attached hydrogens (tertiary/aromatic N) is 1. The summed E-state index contributed by atoms with van der Waals surface area (Å²) < 4.78 is 0. The maximum Gasteiger partial charge on any atom is 0.000666 e. The van der Waals surface area contributed by atoms with Gasteiger partial charge in [-0.05, 0) is 32.4 Å². The summed E-state index contributed by atoms with van der Waals surface area (Å²) in [5, 5.41) is 0. The molecule has 0 aromatic heterocycles. The van der Waals surface area contributed by atoms with Crippen molar-refractivity contribution >= 4 is 0 Å². The summed E-state index contributed by atoms with van der Waals surface area (Å²) in [4.78, 5) is 2.26. The highest BCUT2D eigenvalue weighted by Crippen LogP contribution is 2.21. The lowest BCUT2D eigenvalue weighted by Gasteiger charge is -2.24. The third-order valence-corrected chi connectivity index (χ3v) is 2.40. The Morgan fingerprint density at radius 3 is 2.67 bits per heavy atom. The van der Waals surface area contributed by atoms with Gasteiger partial charge in [-0.2, -0.15) is 0 Å². The topological polar surface area (TPSA) is 3.24 Å². The summed E-state index contributed by atoms with van der Waals surface area (Å²) in [5.74, 6) is 1.51. The summed E-state index contributed by atoms with van der Waals surface area (Å²) in [6.07, 6.45) is 10.1. The molecule has 2 unspecified atom stereocenters. The number of hydrogen-bond donors (Lipinski definition) is 0. The second-order valence-corrected chi connectivity index (χ2v) is 3.95. The highest BCUT2D eigenvalue weighted by molar-refractivity contribution is 5.11. The third kappa shape index (κ3) is 2.82. The van der Waals surface area contributed by atoms with Crippen LogP contribution in [0.25, 0.3) is 0 Å². The second-order valence-electron chi connectivity index (χ2n) is 3.95. The molecule has 1 nitrogen and oxygen atoms in total. The van der Waals surface area contributed by atoms with E-state index in [0.29, 0.717) is 0 Å². The van der Waals surface area contributed by atoms with Gasteiger partial charge >= 0.3 is 0 Å². The van der Waals surface area contributed by atoms with Crippen molar-refractivity contribution in [3.63, 3.8) is 0 Å². The van der Waals surface area contributed by atoms with E-state index in [1.165, 1.54) is 13.0 Å². The quantitative estimate of drug-likeness (QED) is 0.620. The van der Waals surface area contributed by atoms with Gasteiger partial charge in [0, 0.05) is 6.54 Å². The predicted octanol–water partition coefficient (Wildman–Crippen LogP) is 2.32. The minimum Gasteiger partial charge on any atom is -0.309 e. The SMILES string of the molecule is CC(CN(C)C)C1C=CC=CC1. The first-order chi connectivity index (χ1) is 5.70. The van der Waals surface area contributed by atoms with E-state index in [1.54, 1.807) is 0 Å². The summed E-state index contributed by atoms with van der Waals surface area (Å²) in [6, 6.07) is 0. The first-order valence-electron chi connectivity index (χ1n) is 4.68. The first kappa shape index (κ1) is 9.53. The van der Waals surface area contributed by atoms with Crippen LogP contribution in [0.4, 0.5) is 0 Å². The Morgan fingerprint density at radius 1 is 1.42 bits per heavy atom. The van der Waals surface area contributed by atoms with E-state index in [9.17, 15) is 0 Å². The highest BCUT2D eigenvalue weighted by Gasteiger charge is 2.14. The lowest BCUT2D eigenvalue weighted by molar-refractivity contribution is 0.292. The van der Waals surface area contributed by atoms with Crippen molar-refractivity contribution in [3.8, 4) is 0 Å². The molecule has 0 heterocycles. The summed E-state index contributed by atoms with van der Waals surface area (Å²) in [7, 11) is 4.28. The highest BCUT2D eigenvalue weighted by atomic mass is 15.1. The van der Waals surface area contributed by atoms with Crippen molar-refractivity contribution in [1.29, 1.82) is 0 Å². The maximum atomic E-state index is 2.33. The van der Waals surface area contributed by atoms with Gasteiger partial charge in [-0.3, -0.25) is 0 Å². The van der Waals surface area contributed by atoms with Gasteiger partial charge < -0.3 is 4.90 Å². The van der Waals surface area contributed by atoms with Crippen LogP contribution in [0, 0.1) is 11.8 Å². The Balaban J connectivity index is 2.37. The molecule has 0 aromatic carbocycles. The molecule has 0 radical (unpaired) electrons. The van der Waals surface area contributed by atoms with Crippen LogP contribution in [-0.4, -0.2) is 25.5 Å². The predicted molar refractivity (Wildman–Crippen MR) is 54.1 cm³/mol. The molecular weight excluding hydrogens is 146 g/mol. The molecule has 0 N–H and O–H groups in total. The summed E-state index contributed by atoms with van der Waals surface area (Å²) in [5.41, 5.74) is 0. The fraction of sp³-hybridized carbons (Fsp3) is 0.636. The van der Waals surface area contributed by atoms with Crippen LogP contribution in [0.3, 0.4) is 0 Å². The zero-order valence-electron chi connectivity index (χ0n) is 8.33. The number of hydrogen-bond acceptors (Lipinski definition) is 1.